The number of carbonyl (C=O) groups excluding carboxylic acids is 1. The van der Waals surface area contributed by atoms with Crippen LogP contribution in [0.25, 0.3) is 0 Å². The van der Waals surface area contributed by atoms with Gasteiger partial charge in [-0.3, -0.25) is 9.69 Å². The summed E-state index contributed by atoms with van der Waals surface area (Å²) >= 11 is 0. The van der Waals surface area contributed by atoms with Crippen LogP contribution in [0.5, 0.6) is 5.75 Å². The molecule has 1 aromatic heterocycles. The number of piperazine rings is 1. The zero-order valence-electron chi connectivity index (χ0n) is 15.8. The Labute approximate surface area is 159 Å². The fraction of sp³-hybridized carbons (Fsp3) is 0.400. The number of carbonyl (C=O) groups is 1. The van der Waals surface area contributed by atoms with E-state index in [2.05, 4.69) is 9.88 Å². The number of hydrogen-bond acceptors (Lipinski definition) is 5. The van der Waals surface area contributed by atoms with Crippen molar-refractivity contribution in [2.45, 2.75) is 6.54 Å². The topological polar surface area (TPSA) is 48.9 Å². The van der Waals surface area contributed by atoms with Gasteiger partial charge in [-0.1, -0.05) is 12.1 Å². The zero-order chi connectivity index (χ0) is 19.2. The summed E-state index contributed by atoms with van der Waals surface area (Å²) in [5.74, 6) is 0.874. The lowest BCUT2D eigenvalue weighted by atomic mass is 10.2. The van der Waals surface area contributed by atoms with E-state index in [0.717, 1.165) is 24.5 Å². The van der Waals surface area contributed by atoms with Crippen molar-refractivity contribution in [1.29, 1.82) is 0 Å². The molecule has 1 aliphatic heterocycles. The van der Waals surface area contributed by atoms with E-state index in [0.29, 0.717) is 26.2 Å². The maximum Gasteiger partial charge on any atom is 0.236 e. The van der Waals surface area contributed by atoms with Crippen LogP contribution in [0.3, 0.4) is 0 Å². The largest absolute Gasteiger partial charge is 0.494 e. The SMILES string of the molecule is COc1ccc(CN(C)CC(=O)N2CCN(c3ccccn3)CC2)cc1F. The van der Waals surface area contributed by atoms with Crippen LogP contribution in [0, 0.1) is 5.82 Å². The van der Waals surface area contributed by atoms with Crippen molar-refractivity contribution in [2.75, 3.05) is 51.8 Å². The molecule has 27 heavy (non-hydrogen) atoms. The predicted octanol–water partition coefficient (Wildman–Crippen LogP) is 2.01. The van der Waals surface area contributed by atoms with Crippen molar-refractivity contribution in [1.82, 2.24) is 14.8 Å². The van der Waals surface area contributed by atoms with Gasteiger partial charge in [0.05, 0.1) is 13.7 Å². The highest BCUT2D eigenvalue weighted by Crippen LogP contribution is 2.18. The molecule has 1 aliphatic rings. The maximum atomic E-state index is 13.8. The Morgan fingerprint density at radius 1 is 1.22 bits per heavy atom. The predicted molar refractivity (Wildman–Crippen MR) is 102 cm³/mol. The van der Waals surface area contributed by atoms with Gasteiger partial charge in [-0.2, -0.15) is 0 Å². The summed E-state index contributed by atoms with van der Waals surface area (Å²) in [5, 5.41) is 0. The van der Waals surface area contributed by atoms with E-state index < -0.39 is 0 Å². The van der Waals surface area contributed by atoms with Crippen LogP contribution in [0.2, 0.25) is 0 Å². The Morgan fingerprint density at radius 3 is 2.63 bits per heavy atom. The number of aromatic nitrogens is 1. The van der Waals surface area contributed by atoms with Gasteiger partial charge in [0.2, 0.25) is 5.91 Å². The smallest absolute Gasteiger partial charge is 0.236 e. The molecule has 0 aliphatic carbocycles. The van der Waals surface area contributed by atoms with Crippen LogP contribution in [0.15, 0.2) is 42.6 Å². The third kappa shape index (κ3) is 4.95. The highest BCUT2D eigenvalue weighted by atomic mass is 19.1. The van der Waals surface area contributed by atoms with E-state index in [4.69, 9.17) is 4.74 Å². The van der Waals surface area contributed by atoms with E-state index in [1.807, 2.05) is 41.1 Å². The number of ether oxygens (including phenoxy) is 1. The van der Waals surface area contributed by atoms with Crippen molar-refractivity contribution in [2.24, 2.45) is 0 Å². The Bertz CT molecular complexity index is 764. The van der Waals surface area contributed by atoms with Crippen LogP contribution < -0.4 is 9.64 Å². The second kappa shape index (κ2) is 8.81. The number of nitrogens with zero attached hydrogens (tertiary/aromatic N) is 4. The van der Waals surface area contributed by atoms with Crippen molar-refractivity contribution in [3.8, 4) is 5.75 Å². The van der Waals surface area contributed by atoms with Gasteiger partial charge in [-0.15, -0.1) is 0 Å². The van der Waals surface area contributed by atoms with Gasteiger partial charge < -0.3 is 14.5 Å². The molecule has 0 saturated carbocycles. The molecule has 0 spiro atoms. The minimum absolute atomic E-state index is 0.0900. The van der Waals surface area contributed by atoms with Crippen LogP contribution >= 0.6 is 0 Å². The molecule has 3 rings (SSSR count). The molecular formula is C20H25FN4O2. The van der Waals surface area contributed by atoms with E-state index >= 15 is 0 Å². The summed E-state index contributed by atoms with van der Waals surface area (Å²) in [6.45, 7) is 3.71. The lowest BCUT2D eigenvalue weighted by molar-refractivity contribution is -0.132. The second-order valence-corrected chi connectivity index (χ2v) is 6.70. The summed E-state index contributed by atoms with van der Waals surface area (Å²) in [5.41, 5.74) is 0.809. The first-order valence-corrected chi connectivity index (χ1v) is 9.01. The monoisotopic (exact) mass is 372 g/mol. The van der Waals surface area contributed by atoms with Gasteiger partial charge in [0.25, 0.3) is 0 Å². The average molecular weight is 372 g/mol. The van der Waals surface area contributed by atoms with Gasteiger partial charge >= 0.3 is 0 Å². The highest BCUT2D eigenvalue weighted by Gasteiger charge is 2.22. The molecule has 144 valence electrons. The van der Waals surface area contributed by atoms with Crippen LogP contribution in [-0.2, 0) is 11.3 Å². The fourth-order valence-corrected chi connectivity index (χ4v) is 3.23. The zero-order valence-corrected chi connectivity index (χ0v) is 15.8. The Morgan fingerprint density at radius 2 is 2.00 bits per heavy atom. The molecule has 0 bridgehead atoms. The number of pyridine rings is 1. The number of halogens is 1. The average Bonchev–Trinajstić information content (AvgIpc) is 2.69. The van der Waals surface area contributed by atoms with E-state index in [9.17, 15) is 9.18 Å². The van der Waals surface area contributed by atoms with Crippen molar-refractivity contribution in [3.63, 3.8) is 0 Å². The Kier molecular flexibility index (Phi) is 6.24. The lowest BCUT2D eigenvalue weighted by Crippen LogP contribution is -2.51. The summed E-state index contributed by atoms with van der Waals surface area (Å²) in [6.07, 6.45) is 1.78. The molecule has 1 fully saturated rings. The minimum Gasteiger partial charge on any atom is -0.494 e. The van der Waals surface area contributed by atoms with E-state index in [-0.39, 0.29) is 17.5 Å². The molecule has 1 amide bonds. The van der Waals surface area contributed by atoms with Gasteiger partial charge in [-0.25, -0.2) is 9.37 Å². The number of hydrogen-bond donors (Lipinski definition) is 0. The molecule has 2 aromatic rings. The second-order valence-electron chi connectivity index (χ2n) is 6.70. The number of methoxy groups -OCH3 is 1. The molecule has 1 saturated heterocycles. The molecule has 6 nitrogen and oxygen atoms in total. The number of anilines is 1. The maximum absolute atomic E-state index is 13.8. The van der Waals surface area contributed by atoms with Crippen LogP contribution in [-0.4, -0.2) is 67.6 Å². The molecule has 0 atom stereocenters. The molecule has 0 unspecified atom stereocenters. The molecule has 0 N–H and O–H groups in total. The van der Waals surface area contributed by atoms with E-state index in [1.165, 1.54) is 13.2 Å². The van der Waals surface area contributed by atoms with Gasteiger partial charge in [0, 0.05) is 38.9 Å². The van der Waals surface area contributed by atoms with Gasteiger partial charge in [-0.05, 0) is 36.9 Å². The summed E-state index contributed by atoms with van der Waals surface area (Å²) in [4.78, 5) is 22.9. The quantitative estimate of drug-likeness (QED) is 0.776. The number of amides is 1. The minimum atomic E-state index is -0.389. The Balaban J connectivity index is 1.48. The first-order chi connectivity index (χ1) is 13.1. The number of rotatable bonds is 6. The molecule has 0 radical (unpaired) electrons. The van der Waals surface area contributed by atoms with Gasteiger partial charge in [0.1, 0.15) is 5.82 Å². The standard InChI is InChI=1S/C20H25FN4O2/c1-23(14-16-6-7-18(27-2)17(21)13-16)15-20(26)25-11-9-24(10-12-25)19-5-3-4-8-22-19/h3-8,13H,9-12,14-15H2,1-2H3. The Hall–Kier alpha value is -2.67. The van der Waals surface area contributed by atoms with Crippen molar-refractivity contribution >= 4 is 11.7 Å². The highest BCUT2D eigenvalue weighted by molar-refractivity contribution is 5.78. The molecule has 7 heteroatoms. The van der Waals surface area contributed by atoms with E-state index in [1.54, 1.807) is 12.3 Å². The van der Waals surface area contributed by atoms with Gasteiger partial charge in [0.15, 0.2) is 11.6 Å². The van der Waals surface area contributed by atoms with Crippen molar-refractivity contribution in [3.05, 3.63) is 54.0 Å². The summed E-state index contributed by atoms with van der Waals surface area (Å²) < 4.78 is 18.7. The normalized spacial score (nSPS) is 14.5. The van der Waals surface area contributed by atoms with Crippen LogP contribution in [0.1, 0.15) is 5.56 Å². The third-order valence-corrected chi connectivity index (χ3v) is 4.68. The van der Waals surface area contributed by atoms with Crippen LogP contribution in [0.4, 0.5) is 10.2 Å². The third-order valence-electron chi connectivity index (χ3n) is 4.68. The first-order valence-electron chi connectivity index (χ1n) is 9.01. The summed E-state index contributed by atoms with van der Waals surface area (Å²) in [7, 11) is 3.31. The lowest BCUT2D eigenvalue weighted by Gasteiger charge is -2.36. The molecular weight excluding hydrogens is 347 g/mol. The fourth-order valence-electron chi connectivity index (χ4n) is 3.23. The first kappa shape index (κ1) is 19.1. The van der Waals surface area contributed by atoms with Crippen molar-refractivity contribution < 1.29 is 13.9 Å². The molecule has 1 aromatic carbocycles. The number of likely N-dealkylation sites (N-methyl/N-ethyl adjacent to an activating group) is 1. The molecule has 2 heterocycles. The summed E-state index contributed by atoms with van der Waals surface area (Å²) in [6, 6.07) is 10.7. The number of benzene rings is 1.